The van der Waals surface area contributed by atoms with Crippen molar-refractivity contribution in [3.8, 4) is 0 Å². The van der Waals surface area contributed by atoms with Crippen LogP contribution in [-0.4, -0.2) is 40.4 Å². The monoisotopic (exact) mass is 246 g/mol. The number of aliphatic hydroxyl groups is 1. The van der Waals surface area contributed by atoms with E-state index in [2.05, 4.69) is 10.6 Å². The second kappa shape index (κ2) is 7.11. The number of rotatable bonds is 7. The van der Waals surface area contributed by atoms with Crippen molar-refractivity contribution >= 4 is 12.0 Å². The van der Waals surface area contributed by atoms with Gasteiger partial charge in [-0.05, 0) is 20.3 Å². The molecule has 0 heterocycles. The molecule has 1 atom stereocenters. The van der Waals surface area contributed by atoms with Gasteiger partial charge >= 0.3 is 12.0 Å². The molecule has 0 aromatic heterocycles. The Bertz CT molecular complexity index is 266. The Labute approximate surface area is 101 Å². The quantitative estimate of drug-likeness (QED) is 0.531. The third-order valence-corrected chi connectivity index (χ3v) is 2.35. The van der Waals surface area contributed by atoms with Crippen LogP contribution in [-0.2, 0) is 4.79 Å². The first kappa shape index (κ1) is 15.7. The Balaban J connectivity index is 4.27. The van der Waals surface area contributed by atoms with Gasteiger partial charge in [0.2, 0.25) is 0 Å². The van der Waals surface area contributed by atoms with E-state index in [1.165, 1.54) is 0 Å². The number of aliphatic hydroxyl groups excluding tert-OH is 1. The summed E-state index contributed by atoms with van der Waals surface area (Å²) in [4.78, 5) is 22.3. The maximum absolute atomic E-state index is 11.6. The summed E-state index contributed by atoms with van der Waals surface area (Å²) in [6, 6.07) is -1.58. The van der Waals surface area contributed by atoms with Crippen molar-refractivity contribution in [2.75, 3.05) is 6.61 Å². The van der Waals surface area contributed by atoms with Crippen molar-refractivity contribution in [1.82, 2.24) is 10.6 Å². The Morgan fingerprint density at radius 2 is 1.94 bits per heavy atom. The molecular weight excluding hydrogens is 224 g/mol. The molecule has 6 nitrogen and oxygen atoms in total. The molecule has 17 heavy (non-hydrogen) atoms. The van der Waals surface area contributed by atoms with Crippen LogP contribution in [0, 0.1) is 0 Å². The van der Waals surface area contributed by atoms with Crippen LogP contribution < -0.4 is 10.6 Å². The number of carboxylic acid groups (broad SMARTS) is 1. The van der Waals surface area contributed by atoms with Crippen LogP contribution >= 0.6 is 0 Å². The minimum atomic E-state index is -1.15. The summed E-state index contributed by atoms with van der Waals surface area (Å²) in [6.07, 6.45) is 1.72. The molecule has 0 aliphatic carbocycles. The minimum absolute atomic E-state index is 0.00302. The first-order chi connectivity index (χ1) is 7.82. The molecule has 0 bridgehead atoms. The maximum atomic E-state index is 11.6. The summed E-state index contributed by atoms with van der Waals surface area (Å²) in [7, 11) is 0. The lowest BCUT2D eigenvalue weighted by Crippen LogP contribution is -2.52. The second-order valence-corrected chi connectivity index (χ2v) is 4.64. The highest BCUT2D eigenvalue weighted by Gasteiger charge is 2.23. The standard InChI is InChI=1S/C11H22N2O4/c1-4-6-11(2,3)13-10(17)12-8(5-7-14)9(15)16/h8,14H,4-7H2,1-3H3,(H,15,16)(H2,12,13,17)/t8-/m1/s1. The van der Waals surface area contributed by atoms with E-state index in [4.69, 9.17) is 10.2 Å². The van der Waals surface area contributed by atoms with Crippen LogP contribution in [0.1, 0.15) is 40.0 Å². The number of nitrogens with one attached hydrogen (secondary N) is 2. The zero-order valence-electron chi connectivity index (χ0n) is 10.6. The number of amides is 2. The molecule has 0 saturated heterocycles. The number of carbonyl (C=O) groups is 2. The average Bonchev–Trinajstić information content (AvgIpc) is 2.15. The number of aliphatic carboxylic acids is 1. The number of carboxylic acids is 1. The zero-order chi connectivity index (χ0) is 13.5. The molecule has 0 aromatic rings. The topological polar surface area (TPSA) is 98.7 Å². The third kappa shape index (κ3) is 6.78. The van der Waals surface area contributed by atoms with Crippen LogP contribution in [0.2, 0.25) is 0 Å². The molecule has 4 N–H and O–H groups in total. The summed E-state index contributed by atoms with van der Waals surface area (Å²) < 4.78 is 0. The van der Waals surface area contributed by atoms with Gasteiger partial charge in [0.1, 0.15) is 6.04 Å². The molecule has 0 spiro atoms. The van der Waals surface area contributed by atoms with Gasteiger partial charge in [0.25, 0.3) is 0 Å². The summed E-state index contributed by atoms with van der Waals surface area (Å²) in [6.45, 7) is 5.47. The molecule has 6 heteroatoms. The normalized spacial score (nSPS) is 12.9. The lowest BCUT2D eigenvalue weighted by atomic mass is 9.99. The summed E-state index contributed by atoms with van der Waals surface area (Å²) in [5.41, 5.74) is -0.374. The van der Waals surface area contributed by atoms with Crippen molar-refractivity contribution < 1.29 is 19.8 Å². The van der Waals surface area contributed by atoms with E-state index < -0.39 is 18.0 Å². The average molecular weight is 246 g/mol. The molecule has 0 unspecified atom stereocenters. The third-order valence-electron chi connectivity index (χ3n) is 2.35. The molecule has 0 aliphatic rings. The maximum Gasteiger partial charge on any atom is 0.326 e. The molecule has 0 aliphatic heterocycles. The van der Waals surface area contributed by atoms with Crippen LogP contribution in [0.3, 0.4) is 0 Å². The van der Waals surface area contributed by atoms with Gasteiger partial charge in [-0.25, -0.2) is 9.59 Å². The second-order valence-electron chi connectivity index (χ2n) is 4.64. The molecular formula is C11H22N2O4. The van der Waals surface area contributed by atoms with E-state index in [1.54, 1.807) is 0 Å². The highest BCUT2D eigenvalue weighted by Crippen LogP contribution is 2.10. The van der Waals surface area contributed by atoms with Gasteiger partial charge in [-0.1, -0.05) is 13.3 Å². The van der Waals surface area contributed by atoms with Crippen molar-refractivity contribution in [2.45, 2.75) is 51.6 Å². The van der Waals surface area contributed by atoms with Gasteiger partial charge in [0.15, 0.2) is 0 Å². The van der Waals surface area contributed by atoms with Crippen LogP contribution in [0.25, 0.3) is 0 Å². The van der Waals surface area contributed by atoms with E-state index in [1.807, 2.05) is 20.8 Å². The zero-order valence-corrected chi connectivity index (χ0v) is 10.6. The molecule has 0 saturated carbocycles. The molecule has 0 fully saturated rings. The predicted molar refractivity (Wildman–Crippen MR) is 63.8 cm³/mol. The van der Waals surface area contributed by atoms with Crippen LogP contribution in [0.5, 0.6) is 0 Å². The minimum Gasteiger partial charge on any atom is -0.480 e. The predicted octanol–water partition coefficient (Wildman–Crippen LogP) is 0.700. The fourth-order valence-electron chi connectivity index (χ4n) is 1.58. The van der Waals surface area contributed by atoms with Crippen molar-refractivity contribution in [2.24, 2.45) is 0 Å². The lowest BCUT2D eigenvalue weighted by molar-refractivity contribution is -0.139. The number of carbonyl (C=O) groups excluding carboxylic acids is 1. The number of hydrogen-bond donors (Lipinski definition) is 4. The highest BCUT2D eigenvalue weighted by molar-refractivity contribution is 5.82. The number of hydrogen-bond acceptors (Lipinski definition) is 3. The molecule has 100 valence electrons. The Kier molecular flexibility index (Phi) is 6.57. The Morgan fingerprint density at radius 3 is 2.35 bits per heavy atom. The van der Waals surface area contributed by atoms with Gasteiger partial charge in [0.05, 0.1) is 0 Å². The largest absolute Gasteiger partial charge is 0.480 e. The van der Waals surface area contributed by atoms with Crippen molar-refractivity contribution in [3.05, 3.63) is 0 Å². The van der Waals surface area contributed by atoms with Gasteiger partial charge in [-0.2, -0.15) is 0 Å². The van der Waals surface area contributed by atoms with E-state index in [9.17, 15) is 9.59 Å². The number of urea groups is 1. The van der Waals surface area contributed by atoms with Crippen LogP contribution in [0.4, 0.5) is 4.79 Å². The smallest absolute Gasteiger partial charge is 0.326 e. The first-order valence-corrected chi connectivity index (χ1v) is 5.74. The summed E-state index contributed by atoms with van der Waals surface area (Å²) in [5, 5.41) is 22.5. The van der Waals surface area contributed by atoms with E-state index >= 15 is 0 Å². The Hall–Kier alpha value is -1.30. The van der Waals surface area contributed by atoms with Gasteiger partial charge in [-0.3, -0.25) is 0 Å². The molecule has 0 rings (SSSR count). The summed E-state index contributed by atoms with van der Waals surface area (Å²) in [5.74, 6) is -1.15. The lowest BCUT2D eigenvalue weighted by Gasteiger charge is -2.26. The van der Waals surface area contributed by atoms with E-state index in [0.29, 0.717) is 0 Å². The van der Waals surface area contributed by atoms with E-state index in [0.717, 1.165) is 12.8 Å². The van der Waals surface area contributed by atoms with E-state index in [-0.39, 0.29) is 18.6 Å². The summed E-state index contributed by atoms with van der Waals surface area (Å²) >= 11 is 0. The molecule has 0 radical (unpaired) electrons. The van der Waals surface area contributed by atoms with Gasteiger partial charge < -0.3 is 20.8 Å². The SMILES string of the molecule is CCCC(C)(C)NC(=O)N[C@H](CCO)C(=O)O. The Morgan fingerprint density at radius 1 is 1.35 bits per heavy atom. The molecule has 2 amide bonds. The molecule has 0 aromatic carbocycles. The fraction of sp³-hybridized carbons (Fsp3) is 0.818. The van der Waals surface area contributed by atoms with Gasteiger partial charge in [0, 0.05) is 18.6 Å². The van der Waals surface area contributed by atoms with Crippen molar-refractivity contribution in [3.63, 3.8) is 0 Å². The van der Waals surface area contributed by atoms with Gasteiger partial charge in [-0.15, -0.1) is 0 Å². The van der Waals surface area contributed by atoms with Crippen molar-refractivity contribution in [1.29, 1.82) is 0 Å². The van der Waals surface area contributed by atoms with Crippen LogP contribution in [0.15, 0.2) is 0 Å². The fourth-order valence-corrected chi connectivity index (χ4v) is 1.58. The highest BCUT2D eigenvalue weighted by atomic mass is 16.4. The first-order valence-electron chi connectivity index (χ1n) is 5.74.